The second-order valence-electron chi connectivity index (χ2n) is 4.38. The molecule has 1 aliphatic heterocycles. The summed E-state index contributed by atoms with van der Waals surface area (Å²) in [4.78, 5) is 26.5. The fraction of sp³-hybridized carbons (Fsp3) is 0. The Morgan fingerprint density at radius 1 is 1.19 bits per heavy atom. The largest absolute Gasteiger partial charge is 0.320 e. The summed E-state index contributed by atoms with van der Waals surface area (Å²) >= 11 is 3.35. The van der Waals surface area contributed by atoms with E-state index in [-0.39, 0.29) is 17.3 Å². The third-order valence-corrected chi connectivity index (χ3v) is 3.47. The van der Waals surface area contributed by atoms with Crippen molar-refractivity contribution >= 4 is 44.6 Å². The molecule has 0 radical (unpaired) electrons. The lowest BCUT2D eigenvalue weighted by atomic mass is 10.1. The monoisotopic (exact) mass is 345 g/mol. The van der Waals surface area contributed by atoms with Gasteiger partial charge in [0.25, 0.3) is 11.6 Å². The Morgan fingerprint density at radius 2 is 2.00 bits per heavy atom. The van der Waals surface area contributed by atoms with E-state index in [4.69, 9.17) is 0 Å². The fourth-order valence-electron chi connectivity index (χ4n) is 2.04. The summed E-state index contributed by atoms with van der Waals surface area (Å²) < 4.78 is 0.824. The predicted octanol–water partition coefficient (Wildman–Crippen LogP) is 3.43. The summed E-state index contributed by atoms with van der Waals surface area (Å²) in [5.41, 5.74) is 1.88. The van der Waals surface area contributed by atoms with Crippen LogP contribution in [-0.2, 0) is 4.79 Å². The Labute approximate surface area is 127 Å². The standard InChI is InChI=1S/C14H8BrN3O3/c15-8-4-5-12-11(6-8)13(14(19)17-12)16-9-2-1-3-10(7-9)18(20)21/h1-7H,(H,16,17,19). The van der Waals surface area contributed by atoms with Crippen LogP contribution in [0.5, 0.6) is 0 Å². The molecule has 2 aromatic carbocycles. The molecule has 21 heavy (non-hydrogen) atoms. The van der Waals surface area contributed by atoms with E-state index in [1.54, 1.807) is 18.2 Å². The number of nitro benzene ring substituents is 1. The van der Waals surface area contributed by atoms with Crippen molar-refractivity contribution in [3.05, 3.63) is 62.6 Å². The van der Waals surface area contributed by atoms with Crippen LogP contribution in [0.15, 0.2) is 51.9 Å². The molecule has 1 amide bonds. The molecule has 0 aromatic heterocycles. The van der Waals surface area contributed by atoms with Gasteiger partial charge in [0.15, 0.2) is 0 Å². The lowest BCUT2D eigenvalue weighted by Gasteiger charge is -1.99. The van der Waals surface area contributed by atoms with Gasteiger partial charge in [-0.2, -0.15) is 0 Å². The number of non-ortho nitro benzene ring substituents is 1. The van der Waals surface area contributed by atoms with Crippen molar-refractivity contribution in [2.75, 3.05) is 5.32 Å². The van der Waals surface area contributed by atoms with E-state index in [2.05, 4.69) is 26.2 Å². The molecule has 6 nitrogen and oxygen atoms in total. The van der Waals surface area contributed by atoms with Crippen LogP contribution in [0.25, 0.3) is 0 Å². The molecule has 104 valence electrons. The van der Waals surface area contributed by atoms with Crippen LogP contribution in [0.1, 0.15) is 5.56 Å². The second kappa shape index (κ2) is 5.10. The van der Waals surface area contributed by atoms with E-state index in [0.717, 1.165) is 4.47 Å². The number of halogens is 1. The maximum Gasteiger partial charge on any atom is 0.275 e. The van der Waals surface area contributed by atoms with Crippen LogP contribution in [0, 0.1) is 10.1 Å². The van der Waals surface area contributed by atoms with Gasteiger partial charge in [0, 0.05) is 22.2 Å². The zero-order valence-electron chi connectivity index (χ0n) is 10.5. The van der Waals surface area contributed by atoms with Gasteiger partial charge in [-0.1, -0.05) is 22.0 Å². The van der Waals surface area contributed by atoms with Crippen LogP contribution in [0.2, 0.25) is 0 Å². The minimum absolute atomic E-state index is 0.0651. The molecule has 0 atom stereocenters. The minimum Gasteiger partial charge on any atom is -0.320 e. The molecule has 0 spiro atoms. The number of nitrogens with zero attached hydrogens (tertiary/aromatic N) is 2. The van der Waals surface area contributed by atoms with Gasteiger partial charge in [0.1, 0.15) is 5.71 Å². The lowest BCUT2D eigenvalue weighted by Crippen LogP contribution is -2.13. The Kier molecular flexibility index (Phi) is 3.26. The number of hydrogen-bond donors (Lipinski definition) is 1. The van der Waals surface area contributed by atoms with Crippen molar-refractivity contribution in [1.82, 2.24) is 0 Å². The molecular formula is C14H8BrN3O3. The zero-order chi connectivity index (χ0) is 15.0. The highest BCUT2D eigenvalue weighted by Crippen LogP contribution is 2.29. The summed E-state index contributed by atoms with van der Waals surface area (Å²) in [7, 11) is 0. The van der Waals surface area contributed by atoms with Crippen molar-refractivity contribution in [3.63, 3.8) is 0 Å². The molecule has 0 unspecified atom stereocenters. The Bertz CT molecular complexity index is 802. The first-order valence-corrected chi connectivity index (χ1v) is 6.78. The zero-order valence-corrected chi connectivity index (χ0v) is 12.1. The first kappa shape index (κ1) is 13.4. The quantitative estimate of drug-likeness (QED) is 0.668. The number of carbonyl (C=O) groups excluding carboxylic acids is 1. The summed E-state index contributed by atoms with van der Waals surface area (Å²) in [6.45, 7) is 0. The molecule has 7 heteroatoms. The second-order valence-corrected chi connectivity index (χ2v) is 5.30. The molecule has 1 heterocycles. The normalized spacial score (nSPS) is 14.9. The maximum absolute atomic E-state index is 12.0. The van der Waals surface area contributed by atoms with Gasteiger partial charge < -0.3 is 5.32 Å². The smallest absolute Gasteiger partial charge is 0.275 e. The van der Waals surface area contributed by atoms with Crippen LogP contribution in [0.4, 0.5) is 17.1 Å². The summed E-state index contributed by atoms with van der Waals surface area (Å²) in [6, 6.07) is 11.2. The summed E-state index contributed by atoms with van der Waals surface area (Å²) in [5, 5.41) is 13.5. The van der Waals surface area contributed by atoms with E-state index in [1.165, 1.54) is 18.2 Å². The topological polar surface area (TPSA) is 84.6 Å². The van der Waals surface area contributed by atoms with E-state index in [9.17, 15) is 14.9 Å². The summed E-state index contributed by atoms with van der Waals surface area (Å²) in [6.07, 6.45) is 0. The van der Waals surface area contributed by atoms with Gasteiger partial charge >= 0.3 is 0 Å². The van der Waals surface area contributed by atoms with Crippen molar-refractivity contribution in [3.8, 4) is 0 Å². The number of amides is 1. The van der Waals surface area contributed by atoms with Gasteiger partial charge in [-0.05, 0) is 24.3 Å². The van der Waals surface area contributed by atoms with E-state index >= 15 is 0 Å². The average Bonchev–Trinajstić information content (AvgIpc) is 2.75. The molecule has 0 bridgehead atoms. The predicted molar refractivity (Wildman–Crippen MR) is 82.1 cm³/mol. The molecule has 0 fully saturated rings. The molecule has 0 saturated heterocycles. The first-order chi connectivity index (χ1) is 10.0. The van der Waals surface area contributed by atoms with E-state index in [0.29, 0.717) is 16.9 Å². The van der Waals surface area contributed by atoms with Crippen LogP contribution in [-0.4, -0.2) is 16.5 Å². The van der Waals surface area contributed by atoms with Crippen molar-refractivity contribution in [2.24, 2.45) is 4.99 Å². The van der Waals surface area contributed by atoms with E-state index < -0.39 is 4.92 Å². The van der Waals surface area contributed by atoms with Crippen LogP contribution in [0.3, 0.4) is 0 Å². The lowest BCUT2D eigenvalue weighted by molar-refractivity contribution is -0.384. The highest BCUT2D eigenvalue weighted by atomic mass is 79.9. The van der Waals surface area contributed by atoms with Gasteiger partial charge in [-0.3, -0.25) is 14.9 Å². The van der Waals surface area contributed by atoms with Gasteiger partial charge in [-0.15, -0.1) is 0 Å². The molecule has 1 aliphatic rings. The van der Waals surface area contributed by atoms with Crippen LogP contribution >= 0.6 is 15.9 Å². The van der Waals surface area contributed by atoms with Crippen molar-refractivity contribution in [2.45, 2.75) is 0 Å². The Balaban J connectivity index is 2.08. The minimum atomic E-state index is -0.497. The third kappa shape index (κ3) is 2.55. The number of rotatable bonds is 2. The highest BCUT2D eigenvalue weighted by molar-refractivity contribution is 9.10. The number of fused-ring (bicyclic) bond motifs is 1. The number of anilines is 1. The molecular weight excluding hydrogens is 338 g/mol. The van der Waals surface area contributed by atoms with E-state index in [1.807, 2.05) is 6.07 Å². The molecule has 0 saturated carbocycles. The fourth-order valence-corrected chi connectivity index (χ4v) is 2.40. The number of carbonyl (C=O) groups is 1. The highest BCUT2D eigenvalue weighted by Gasteiger charge is 2.26. The number of aliphatic imine (C=N–C) groups is 1. The van der Waals surface area contributed by atoms with Gasteiger partial charge in [-0.25, -0.2) is 4.99 Å². The Hall–Kier alpha value is -2.54. The third-order valence-electron chi connectivity index (χ3n) is 2.98. The van der Waals surface area contributed by atoms with Crippen molar-refractivity contribution in [1.29, 1.82) is 0 Å². The van der Waals surface area contributed by atoms with Gasteiger partial charge in [0.2, 0.25) is 0 Å². The Morgan fingerprint density at radius 3 is 2.76 bits per heavy atom. The molecule has 3 rings (SSSR count). The van der Waals surface area contributed by atoms with Crippen LogP contribution < -0.4 is 5.32 Å². The summed E-state index contributed by atoms with van der Waals surface area (Å²) in [5.74, 6) is -0.324. The molecule has 1 N–H and O–H groups in total. The number of nitro groups is 1. The number of nitrogens with one attached hydrogen (secondary N) is 1. The van der Waals surface area contributed by atoms with Gasteiger partial charge in [0.05, 0.1) is 16.3 Å². The number of hydrogen-bond acceptors (Lipinski definition) is 4. The first-order valence-electron chi connectivity index (χ1n) is 5.99. The van der Waals surface area contributed by atoms with Crippen molar-refractivity contribution < 1.29 is 9.72 Å². The average molecular weight is 346 g/mol. The maximum atomic E-state index is 12.0. The molecule has 2 aromatic rings. The SMILES string of the molecule is O=C1Nc2ccc(Br)cc2C1=Nc1cccc([N+](=O)[O-])c1. The molecule has 0 aliphatic carbocycles. The number of benzene rings is 2.